The third kappa shape index (κ3) is 6.44. The third-order valence-electron chi connectivity index (χ3n) is 4.36. The summed E-state index contributed by atoms with van der Waals surface area (Å²) in [6, 6.07) is 16.4. The van der Waals surface area contributed by atoms with Crippen molar-refractivity contribution in [2.24, 2.45) is 0 Å². The molecule has 2 N–H and O–H groups in total. The van der Waals surface area contributed by atoms with Crippen molar-refractivity contribution in [1.29, 1.82) is 0 Å². The molecule has 0 aliphatic carbocycles. The molecule has 8 heteroatoms. The first-order valence-electron chi connectivity index (χ1n) is 9.40. The van der Waals surface area contributed by atoms with E-state index < -0.39 is 0 Å². The fourth-order valence-electron chi connectivity index (χ4n) is 2.88. The van der Waals surface area contributed by atoms with Crippen LogP contribution in [0.5, 0.6) is 11.5 Å². The normalized spacial score (nSPS) is 10.5. The summed E-state index contributed by atoms with van der Waals surface area (Å²) in [5.41, 5.74) is 3.44. The van der Waals surface area contributed by atoms with Gasteiger partial charge in [0.05, 0.1) is 22.2 Å². The molecule has 0 unspecified atom stereocenters. The number of methoxy groups -OCH3 is 1. The molecule has 0 radical (unpaired) electrons. The molecule has 3 aromatic carbocycles. The zero-order valence-corrected chi connectivity index (χ0v) is 19.2. The van der Waals surface area contributed by atoms with Gasteiger partial charge in [-0.25, -0.2) is 0 Å². The van der Waals surface area contributed by atoms with Gasteiger partial charge in [0.2, 0.25) is 5.91 Å². The van der Waals surface area contributed by atoms with Crippen molar-refractivity contribution in [3.63, 3.8) is 0 Å². The van der Waals surface area contributed by atoms with Crippen LogP contribution in [0.3, 0.4) is 0 Å². The molecule has 31 heavy (non-hydrogen) atoms. The summed E-state index contributed by atoms with van der Waals surface area (Å²) in [5.74, 6) is 0.882. The van der Waals surface area contributed by atoms with E-state index in [9.17, 15) is 4.79 Å². The predicted molar refractivity (Wildman–Crippen MR) is 127 cm³/mol. The Labute approximate surface area is 196 Å². The topological polar surface area (TPSA) is 59.6 Å². The van der Waals surface area contributed by atoms with Gasteiger partial charge in [-0.2, -0.15) is 0 Å². The summed E-state index contributed by atoms with van der Waals surface area (Å²) < 4.78 is 11.4. The molecule has 3 aromatic rings. The van der Waals surface area contributed by atoms with E-state index in [1.807, 2.05) is 42.5 Å². The summed E-state index contributed by atoms with van der Waals surface area (Å²) in [6.07, 6.45) is 0. The summed E-state index contributed by atoms with van der Waals surface area (Å²) in [4.78, 5) is 11.1. The van der Waals surface area contributed by atoms with E-state index in [4.69, 9.17) is 44.3 Å². The number of rotatable bonds is 8. The average molecular weight is 480 g/mol. The van der Waals surface area contributed by atoms with E-state index in [2.05, 4.69) is 10.6 Å². The highest BCUT2D eigenvalue weighted by Gasteiger charge is 2.13. The molecule has 0 aliphatic rings. The number of carbonyl (C=O) groups excluding carboxylic acids is 1. The Morgan fingerprint density at radius 2 is 1.55 bits per heavy atom. The Morgan fingerprint density at radius 1 is 0.871 bits per heavy atom. The minimum atomic E-state index is -0.107. The molecule has 0 saturated carbocycles. The molecule has 1 amide bonds. The largest absolute Gasteiger partial charge is 0.493 e. The van der Waals surface area contributed by atoms with Gasteiger partial charge in [-0.3, -0.25) is 4.79 Å². The molecular weight excluding hydrogens is 459 g/mol. The molecule has 0 aromatic heterocycles. The van der Waals surface area contributed by atoms with Gasteiger partial charge in [0.15, 0.2) is 11.5 Å². The molecule has 0 spiro atoms. The molecule has 0 atom stereocenters. The van der Waals surface area contributed by atoms with E-state index in [0.717, 1.165) is 22.5 Å². The van der Waals surface area contributed by atoms with Crippen LogP contribution in [-0.2, 0) is 17.9 Å². The predicted octanol–water partition coefficient (Wildman–Crippen LogP) is 6.80. The Bertz CT molecular complexity index is 1070. The van der Waals surface area contributed by atoms with Gasteiger partial charge in [-0.15, -0.1) is 0 Å². The van der Waals surface area contributed by atoms with Crippen molar-refractivity contribution >= 4 is 52.1 Å². The first-order valence-corrected chi connectivity index (χ1v) is 10.5. The number of carbonyl (C=O) groups is 1. The summed E-state index contributed by atoms with van der Waals surface area (Å²) >= 11 is 18.5. The fraction of sp³-hybridized carbons (Fsp3) is 0.174. The minimum Gasteiger partial charge on any atom is -0.493 e. The Balaban J connectivity index is 1.67. The maximum absolute atomic E-state index is 11.1. The van der Waals surface area contributed by atoms with Crippen LogP contribution in [0.4, 0.5) is 11.4 Å². The number of halogens is 3. The molecule has 0 heterocycles. The van der Waals surface area contributed by atoms with Crippen molar-refractivity contribution in [1.82, 2.24) is 0 Å². The van der Waals surface area contributed by atoms with E-state index in [1.54, 1.807) is 19.2 Å². The van der Waals surface area contributed by atoms with E-state index in [-0.39, 0.29) is 12.5 Å². The van der Waals surface area contributed by atoms with Crippen LogP contribution in [0, 0.1) is 0 Å². The Morgan fingerprint density at radius 3 is 2.19 bits per heavy atom. The zero-order chi connectivity index (χ0) is 22.4. The van der Waals surface area contributed by atoms with Crippen LogP contribution in [0.25, 0.3) is 0 Å². The molecule has 162 valence electrons. The second-order valence-electron chi connectivity index (χ2n) is 6.76. The highest BCUT2D eigenvalue weighted by molar-refractivity contribution is 6.42. The highest BCUT2D eigenvalue weighted by atomic mass is 35.5. The molecule has 5 nitrogen and oxygen atoms in total. The number of ether oxygens (including phenoxy) is 2. The van der Waals surface area contributed by atoms with Crippen LogP contribution in [0.1, 0.15) is 18.1 Å². The summed E-state index contributed by atoms with van der Waals surface area (Å²) in [7, 11) is 1.57. The molecule has 0 saturated heterocycles. The SMILES string of the molecule is COc1cc(CNc2ccc(NC(C)=O)cc2)cc(Cl)c1OCc1ccc(Cl)c(Cl)c1. The maximum atomic E-state index is 11.1. The van der Waals surface area contributed by atoms with Crippen molar-refractivity contribution < 1.29 is 14.3 Å². The Hall–Kier alpha value is -2.60. The van der Waals surface area contributed by atoms with Gasteiger partial charge in [0, 0.05) is 24.8 Å². The van der Waals surface area contributed by atoms with Crippen LogP contribution in [0.2, 0.25) is 15.1 Å². The van der Waals surface area contributed by atoms with Crippen LogP contribution >= 0.6 is 34.8 Å². The van der Waals surface area contributed by atoms with Gasteiger partial charge < -0.3 is 20.1 Å². The molecular formula is C23H21Cl3N2O3. The van der Waals surface area contributed by atoms with Crippen molar-refractivity contribution in [3.8, 4) is 11.5 Å². The standard InChI is InChI=1S/C23H21Cl3N2O3/c1-14(29)28-18-6-4-17(5-7-18)27-12-16-10-21(26)23(22(11-16)30-2)31-13-15-3-8-19(24)20(25)9-15/h3-11,27H,12-13H2,1-2H3,(H,28,29). The minimum absolute atomic E-state index is 0.107. The van der Waals surface area contributed by atoms with Crippen LogP contribution in [-0.4, -0.2) is 13.0 Å². The highest BCUT2D eigenvalue weighted by Crippen LogP contribution is 2.37. The van der Waals surface area contributed by atoms with Gasteiger partial charge in [-0.05, 0) is 59.7 Å². The monoisotopic (exact) mass is 478 g/mol. The number of anilines is 2. The molecule has 3 rings (SSSR count). The van der Waals surface area contributed by atoms with E-state index in [0.29, 0.717) is 33.1 Å². The second kappa shape index (κ2) is 10.6. The molecule has 0 aliphatic heterocycles. The number of amides is 1. The molecule has 0 fully saturated rings. The fourth-order valence-corrected chi connectivity index (χ4v) is 3.49. The zero-order valence-electron chi connectivity index (χ0n) is 17.0. The van der Waals surface area contributed by atoms with Gasteiger partial charge >= 0.3 is 0 Å². The lowest BCUT2D eigenvalue weighted by Crippen LogP contribution is -2.06. The van der Waals surface area contributed by atoms with Gasteiger partial charge in [0.25, 0.3) is 0 Å². The van der Waals surface area contributed by atoms with Crippen LogP contribution in [0.15, 0.2) is 54.6 Å². The lowest BCUT2D eigenvalue weighted by Gasteiger charge is -2.15. The lowest BCUT2D eigenvalue weighted by molar-refractivity contribution is -0.114. The number of nitrogens with one attached hydrogen (secondary N) is 2. The average Bonchev–Trinajstić information content (AvgIpc) is 2.74. The second-order valence-corrected chi connectivity index (χ2v) is 7.98. The number of benzene rings is 3. The summed E-state index contributed by atoms with van der Waals surface area (Å²) in [5, 5.41) is 7.45. The lowest BCUT2D eigenvalue weighted by atomic mass is 10.2. The van der Waals surface area contributed by atoms with E-state index in [1.165, 1.54) is 6.92 Å². The van der Waals surface area contributed by atoms with Crippen LogP contribution < -0.4 is 20.1 Å². The maximum Gasteiger partial charge on any atom is 0.221 e. The van der Waals surface area contributed by atoms with Gasteiger partial charge in [0.1, 0.15) is 6.61 Å². The van der Waals surface area contributed by atoms with Crippen molar-refractivity contribution in [2.45, 2.75) is 20.1 Å². The van der Waals surface area contributed by atoms with Crippen molar-refractivity contribution in [3.05, 3.63) is 80.8 Å². The van der Waals surface area contributed by atoms with Crippen molar-refractivity contribution in [2.75, 3.05) is 17.7 Å². The third-order valence-corrected chi connectivity index (χ3v) is 5.38. The quantitative estimate of drug-likeness (QED) is 0.373. The van der Waals surface area contributed by atoms with Gasteiger partial charge in [-0.1, -0.05) is 40.9 Å². The first kappa shape index (κ1) is 23.1. The number of hydrogen-bond donors (Lipinski definition) is 2. The summed E-state index contributed by atoms with van der Waals surface area (Å²) in [6.45, 7) is 2.27. The molecule has 0 bridgehead atoms. The first-order chi connectivity index (χ1) is 14.9. The number of hydrogen-bond acceptors (Lipinski definition) is 4. The smallest absolute Gasteiger partial charge is 0.221 e. The Kier molecular flexibility index (Phi) is 7.91. The van der Waals surface area contributed by atoms with E-state index >= 15 is 0 Å².